The molecule has 0 aliphatic carbocycles. The zero-order chi connectivity index (χ0) is 27.8. The summed E-state index contributed by atoms with van der Waals surface area (Å²) in [4.78, 5) is 20.1. The minimum absolute atomic E-state index is 0.108. The molecule has 1 saturated heterocycles. The van der Waals surface area contributed by atoms with Gasteiger partial charge in [-0.3, -0.25) is 4.79 Å². The number of piperazine rings is 1. The summed E-state index contributed by atoms with van der Waals surface area (Å²) >= 11 is 5.61. The summed E-state index contributed by atoms with van der Waals surface area (Å²) in [6.45, 7) is 5.76. The van der Waals surface area contributed by atoms with E-state index in [0.717, 1.165) is 40.7 Å². The number of aromatic nitrogens is 1. The van der Waals surface area contributed by atoms with Crippen molar-refractivity contribution in [3.05, 3.63) is 95.1 Å². The molecule has 1 amide bonds. The van der Waals surface area contributed by atoms with Crippen molar-refractivity contribution >= 4 is 55.4 Å². The fourth-order valence-corrected chi connectivity index (χ4v) is 5.21. The number of para-hydroxylation sites is 3. The molecule has 4 aromatic rings. The molecular weight excluding hydrogens is 530 g/mol. The van der Waals surface area contributed by atoms with Crippen molar-refractivity contribution < 1.29 is 9.00 Å². The third-order valence-corrected chi connectivity index (χ3v) is 7.29. The second-order valence-corrected chi connectivity index (χ2v) is 12.4. The van der Waals surface area contributed by atoms with Crippen LogP contribution in [0, 0.1) is 6.92 Å². The van der Waals surface area contributed by atoms with Crippen molar-refractivity contribution in [3.8, 4) is 0 Å². The van der Waals surface area contributed by atoms with Gasteiger partial charge in [-0.25, -0.2) is 4.21 Å². The molecule has 5 rings (SSSR count). The van der Waals surface area contributed by atoms with Gasteiger partial charge in [0, 0.05) is 64.9 Å². The SMILES string of the molecule is C=S(C)(=O)Nc1ccccc1N1CCN(C(=O)CNCc2cc3ccccc3[nH]2)CC1.Cc1ccc(Cl)cc1. The number of amides is 1. The van der Waals surface area contributed by atoms with Crippen molar-refractivity contribution in [3.63, 3.8) is 0 Å². The molecule has 1 atom stereocenters. The Morgan fingerprint density at radius 3 is 2.33 bits per heavy atom. The average molecular weight is 566 g/mol. The Morgan fingerprint density at radius 2 is 1.67 bits per heavy atom. The van der Waals surface area contributed by atoms with Gasteiger partial charge >= 0.3 is 0 Å². The summed E-state index contributed by atoms with van der Waals surface area (Å²) in [7, 11) is -2.36. The Kier molecular flexibility index (Phi) is 9.56. The summed E-state index contributed by atoms with van der Waals surface area (Å²) in [6.07, 6.45) is 1.59. The molecule has 0 saturated carbocycles. The molecule has 1 aromatic heterocycles. The highest BCUT2D eigenvalue weighted by molar-refractivity contribution is 8.00. The number of hydrogen-bond donors (Lipinski definition) is 3. The van der Waals surface area contributed by atoms with Gasteiger partial charge in [-0.2, -0.15) is 0 Å². The van der Waals surface area contributed by atoms with Crippen LogP contribution < -0.4 is 14.9 Å². The molecule has 2 heterocycles. The van der Waals surface area contributed by atoms with Gasteiger partial charge in [0.15, 0.2) is 0 Å². The quantitative estimate of drug-likeness (QED) is 0.278. The monoisotopic (exact) mass is 565 g/mol. The number of H-pyrrole nitrogens is 1. The molecule has 9 heteroatoms. The third kappa shape index (κ3) is 8.51. The molecule has 0 bridgehead atoms. The van der Waals surface area contributed by atoms with Gasteiger partial charge in [-0.05, 0) is 54.6 Å². The van der Waals surface area contributed by atoms with E-state index in [1.165, 1.54) is 10.9 Å². The van der Waals surface area contributed by atoms with E-state index in [1.807, 2.05) is 78.6 Å². The van der Waals surface area contributed by atoms with Crippen molar-refractivity contribution in [1.29, 1.82) is 0 Å². The fourth-order valence-electron chi connectivity index (χ4n) is 4.44. The number of aryl methyl sites for hydroxylation is 1. The molecule has 1 fully saturated rings. The van der Waals surface area contributed by atoms with Crippen molar-refractivity contribution in [1.82, 2.24) is 15.2 Å². The maximum atomic E-state index is 12.6. The highest BCUT2D eigenvalue weighted by Gasteiger charge is 2.22. The Bertz CT molecular complexity index is 1440. The van der Waals surface area contributed by atoms with Gasteiger partial charge in [0.25, 0.3) is 0 Å². The van der Waals surface area contributed by atoms with E-state index >= 15 is 0 Å². The molecule has 0 spiro atoms. The van der Waals surface area contributed by atoms with E-state index < -0.39 is 9.71 Å². The lowest BCUT2D eigenvalue weighted by Crippen LogP contribution is -2.51. The van der Waals surface area contributed by atoms with Crippen molar-refractivity contribution in [2.75, 3.05) is 48.6 Å². The van der Waals surface area contributed by atoms with E-state index in [2.05, 4.69) is 37.9 Å². The Balaban J connectivity index is 0.000000379. The molecule has 3 aromatic carbocycles. The summed E-state index contributed by atoms with van der Waals surface area (Å²) in [5.41, 5.74) is 5.22. The first-order valence-corrected chi connectivity index (χ1v) is 15.4. The molecule has 206 valence electrons. The lowest BCUT2D eigenvalue weighted by molar-refractivity contribution is -0.130. The van der Waals surface area contributed by atoms with Gasteiger partial charge < -0.3 is 24.8 Å². The molecule has 39 heavy (non-hydrogen) atoms. The van der Waals surface area contributed by atoms with Crippen LogP contribution in [-0.2, 0) is 21.0 Å². The standard InChI is InChI=1S/C23H29N5O2S.C7H7Cl/c1-31(2,30)26-21-9-5-6-10-22(21)27-11-13-28(14-12-27)23(29)17-24-16-19-15-18-7-3-4-8-20(18)25-19;1-6-2-4-7(8)5-3-6/h3-10,15,24-25H,1,11-14,16-17H2,2H3,(H,26,30);2-5H,1H3. The van der Waals surface area contributed by atoms with Crippen LogP contribution in [0.2, 0.25) is 5.02 Å². The molecule has 7 nitrogen and oxygen atoms in total. The van der Waals surface area contributed by atoms with Crippen LogP contribution in [0.3, 0.4) is 0 Å². The summed E-state index contributed by atoms with van der Waals surface area (Å²) < 4.78 is 15.1. The van der Waals surface area contributed by atoms with Crippen LogP contribution >= 0.6 is 11.6 Å². The number of carbonyl (C=O) groups is 1. The first-order chi connectivity index (χ1) is 18.7. The van der Waals surface area contributed by atoms with Crippen molar-refractivity contribution in [2.45, 2.75) is 13.5 Å². The minimum atomic E-state index is -2.36. The molecule has 1 aliphatic rings. The van der Waals surface area contributed by atoms with Crippen LogP contribution in [0.15, 0.2) is 78.9 Å². The minimum Gasteiger partial charge on any atom is -0.366 e. The maximum Gasteiger partial charge on any atom is 0.236 e. The third-order valence-electron chi connectivity index (χ3n) is 6.39. The van der Waals surface area contributed by atoms with Crippen LogP contribution in [0.4, 0.5) is 11.4 Å². The number of benzene rings is 3. The second-order valence-electron chi connectivity index (χ2n) is 9.77. The first kappa shape index (κ1) is 28.5. The van der Waals surface area contributed by atoms with Gasteiger partial charge in [0.1, 0.15) is 0 Å². The number of hydrogen-bond acceptors (Lipinski definition) is 4. The maximum absolute atomic E-state index is 12.6. The number of nitrogens with zero attached hydrogens (tertiary/aromatic N) is 2. The highest BCUT2D eigenvalue weighted by atomic mass is 35.5. The van der Waals surface area contributed by atoms with Crippen LogP contribution in [0.1, 0.15) is 11.3 Å². The molecular formula is C30H36ClN5O2S. The first-order valence-electron chi connectivity index (χ1n) is 12.9. The zero-order valence-corrected chi connectivity index (χ0v) is 24.0. The molecule has 3 N–H and O–H groups in total. The Morgan fingerprint density at radius 1 is 1.00 bits per heavy atom. The predicted molar refractivity (Wildman–Crippen MR) is 166 cm³/mol. The predicted octanol–water partition coefficient (Wildman–Crippen LogP) is 4.93. The fraction of sp³-hybridized carbons (Fsp3) is 0.267. The molecule has 1 aliphatic heterocycles. The van der Waals surface area contributed by atoms with Gasteiger partial charge in [0.2, 0.25) is 5.91 Å². The lowest BCUT2D eigenvalue weighted by Gasteiger charge is -2.37. The van der Waals surface area contributed by atoms with E-state index in [4.69, 9.17) is 11.6 Å². The number of carbonyl (C=O) groups excluding carboxylic acids is 1. The Hall–Kier alpha value is -3.46. The summed E-state index contributed by atoms with van der Waals surface area (Å²) in [5, 5.41) is 5.23. The Labute approximate surface area is 236 Å². The van der Waals surface area contributed by atoms with Crippen molar-refractivity contribution in [2.24, 2.45) is 0 Å². The summed E-state index contributed by atoms with van der Waals surface area (Å²) in [5.74, 6) is 3.79. The number of fused-ring (bicyclic) bond motifs is 1. The molecule has 1 unspecified atom stereocenters. The van der Waals surface area contributed by atoms with Crippen LogP contribution in [0.25, 0.3) is 10.9 Å². The number of nitrogens with one attached hydrogen (secondary N) is 3. The average Bonchev–Trinajstić information content (AvgIpc) is 3.33. The number of halogens is 1. The van der Waals surface area contributed by atoms with Gasteiger partial charge in [0.05, 0.1) is 17.9 Å². The topological polar surface area (TPSA) is 80.5 Å². The van der Waals surface area contributed by atoms with Crippen LogP contribution in [0.5, 0.6) is 0 Å². The van der Waals surface area contributed by atoms with Gasteiger partial charge in [-0.1, -0.05) is 59.6 Å². The second kappa shape index (κ2) is 13.1. The van der Waals surface area contributed by atoms with E-state index in [-0.39, 0.29) is 5.91 Å². The van der Waals surface area contributed by atoms with E-state index in [1.54, 1.807) is 6.26 Å². The van der Waals surface area contributed by atoms with E-state index in [9.17, 15) is 9.00 Å². The van der Waals surface area contributed by atoms with E-state index in [0.29, 0.717) is 26.2 Å². The number of anilines is 2. The lowest BCUT2D eigenvalue weighted by atomic mass is 10.2. The van der Waals surface area contributed by atoms with Crippen LogP contribution in [-0.4, -0.2) is 64.8 Å². The normalized spacial score (nSPS) is 14.8. The number of rotatable bonds is 7. The molecule has 0 radical (unpaired) electrons. The summed E-state index contributed by atoms with van der Waals surface area (Å²) in [6, 6.07) is 25.8. The largest absolute Gasteiger partial charge is 0.366 e. The van der Waals surface area contributed by atoms with Gasteiger partial charge in [-0.15, -0.1) is 0 Å². The smallest absolute Gasteiger partial charge is 0.236 e. The highest BCUT2D eigenvalue weighted by Crippen LogP contribution is 2.27. The number of aromatic amines is 1. The zero-order valence-electron chi connectivity index (χ0n) is 22.5.